The molecule has 2 heterocycles. The van der Waals surface area contributed by atoms with Gasteiger partial charge in [-0.05, 0) is 25.0 Å². The summed E-state index contributed by atoms with van der Waals surface area (Å²) in [6, 6.07) is 0.278. The number of hydrogen-bond acceptors (Lipinski definition) is 4. The molecule has 1 saturated carbocycles. The van der Waals surface area contributed by atoms with Crippen LogP contribution in [-0.4, -0.2) is 57.4 Å². The van der Waals surface area contributed by atoms with Gasteiger partial charge in [-0.3, -0.25) is 9.59 Å². The van der Waals surface area contributed by atoms with E-state index in [1.54, 1.807) is 11.8 Å². The van der Waals surface area contributed by atoms with Gasteiger partial charge in [0.1, 0.15) is 5.54 Å². The Bertz CT molecular complexity index is 484. The van der Waals surface area contributed by atoms with Crippen LogP contribution in [0.25, 0.3) is 0 Å². The summed E-state index contributed by atoms with van der Waals surface area (Å²) in [6.45, 7) is 0.443. The molecule has 6 nitrogen and oxygen atoms in total. The molecule has 0 aromatic carbocycles. The van der Waals surface area contributed by atoms with Gasteiger partial charge in [-0.25, -0.2) is 4.79 Å². The van der Waals surface area contributed by atoms with Crippen LogP contribution in [0, 0.1) is 5.92 Å². The van der Waals surface area contributed by atoms with Gasteiger partial charge in [-0.15, -0.1) is 0 Å². The van der Waals surface area contributed by atoms with Gasteiger partial charge in [0.05, 0.1) is 5.92 Å². The molecule has 2 saturated heterocycles. The molecule has 3 aliphatic rings. The van der Waals surface area contributed by atoms with Crippen molar-refractivity contribution >= 4 is 29.5 Å². The molecule has 2 amide bonds. The van der Waals surface area contributed by atoms with Crippen molar-refractivity contribution in [3.05, 3.63) is 0 Å². The molecule has 0 spiro atoms. The van der Waals surface area contributed by atoms with Gasteiger partial charge in [-0.1, -0.05) is 12.8 Å². The third kappa shape index (κ3) is 2.83. The van der Waals surface area contributed by atoms with E-state index < -0.39 is 17.4 Å². The smallest absolute Gasteiger partial charge is 0.330 e. The van der Waals surface area contributed by atoms with E-state index in [0.717, 1.165) is 31.4 Å². The van der Waals surface area contributed by atoms with Crippen molar-refractivity contribution in [2.24, 2.45) is 5.92 Å². The fourth-order valence-corrected chi connectivity index (χ4v) is 5.03. The number of likely N-dealkylation sites (tertiary alicyclic amines) is 1. The Balaban J connectivity index is 1.63. The monoisotopic (exact) mass is 326 g/mol. The Morgan fingerprint density at radius 1 is 1.32 bits per heavy atom. The predicted octanol–water partition coefficient (Wildman–Crippen LogP) is 0.854. The van der Waals surface area contributed by atoms with E-state index in [1.165, 1.54) is 0 Å². The molecule has 3 rings (SSSR count). The highest BCUT2D eigenvalue weighted by molar-refractivity contribution is 7.99. The first-order valence-electron chi connectivity index (χ1n) is 7.94. The Kier molecular flexibility index (Phi) is 4.34. The van der Waals surface area contributed by atoms with Crippen molar-refractivity contribution in [1.29, 1.82) is 0 Å². The first-order chi connectivity index (χ1) is 10.5. The minimum absolute atomic E-state index is 0.0391. The van der Waals surface area contributed by atoms with E-state index in [0.29, 0.717) is 18.7 Å². The molecule has 22 heavy (non-hydrogen) atoms. The Labute approximate surface area is 134 Å². The summed E-state index contributed by atoms with van der Waals surface area (Å²) in [7, 11) is 0. The Morgan fingerprint density at radius 3 is 2.64 bits per heavy atom. The summed E-state index contributed by atoms with van der Waals surface area (Å²) in [6.07, 6.45) is 5.00. The van der Waals surface area contributed by atoms with Crippen LogP contribution >= 0.6 is 11.8 Å². The SMILES string of the molecule is O=C(N[C@]1(C(=O)O)CCSC1)[C@H]1CC(=O)N(C2CCCC2)C1. The van der Waals surface area contributed by atoms with Gasteiger partial charge in [-0.2, -0.15) is 11.8 Å². The van der Waals surface area contributed by atoms with E-state index in [4.69, 9.17) is 0 Å². The number of carboxylic acid groups (broad SMARTS) is 1. The number of nitrogens with one attached hydrogen (secondary N) is 1. The van der Waals surface area contributed by atoms with Crippen LogP contribution < -0.4 is 5.32 Å². The van der Waals surface area contributed by atoms with Crippen LogP contribution in [0.2, 0.25) is 0 Å². The van der Waals surface area contributed by atoms with Gasteiger partial charge in [0.2, 0.25) is 11.8 Å². The van der Waals surface area contributed by atoms with Crippen molar-refractivity contribution < 1.29 is 19.5 Å². The molecular formula is C15H22N2O4S. The number of carbonyl (C=O) groups is 3. The standard InChI is InChI=1S/C15H22N2O4S/c18-12-7-10(8-17(12)11-3-1-2-4-11)13(19)16-15(14(20)21)5-6-22-9-15/h10-11H,1-9H2,(H,16,19)(H,20,21)/t10-,15+/m0/s1. The van der Waals surface area contributed by atoms with Gasteiger partial charge in [0.25, 0.3) is 0 Å². The Hall–Kier alpha value is -1.24. The molecule has 1 aliphatic carbocycles. The molecule has 2 N–H and O–H groups in total. The zero-order valence-corrected chi connectivity index (χ0v) is 13.4. The molecule has 0 radical (unpaired) electrons. The molecule has 2 atom stereocenters. The lowest BCUT2D eigenvalue weighted by Crippen LogP contribution is -2.56. The maximum Gasteiger partial charge on any atom is 0.330 e. The molecule has 0 bridgehead atoms. The topological polar surface area (TPSA) is 86.7 Å². The molecule has 3 fully saturated rings. The number of rotatable bonds is 4. The summed E-state index contributed by atoms with van der Waals surface area (Å²) < 4.78 is 0. The quantitative estimate of drug-likeness (QED) is 0.800. The largest absolute Gasteiger partial charge is 0.479 e. The predicted molar refractivity (Wildman–Crippen MR) is 82.5 cm³/mol. The molecular weight excluding hydrogens is 304 g/mol. The minimum Gasteiger partial charge on any atom is -0.479 e. The van der Waals surface area contributed by atoms with Gasteiger partial charge < -0.3 is 15.3 Å². The van der Waals surface area contributed by atoms with Crippen LogP contribution in [0.1, 0.15) is 38.5 Å². The summed E-state index contributed by atoms with van der Waals surface area (Å²) in [4.78, 5) is 38.0. The van der Waals surface area contributed by atoms with E-state index in [1.807, 2.05) is 4.90 Å². The van der Waals surface area contributed by atoms with Gasteiger partial charge in [0, 0.05) is 24.8 Å². The van der Waals surface area contributed by atoms with Crippen LogP contribution in [0.5, 0.6) is 0 Å². The van der Waals surface area contributed by atoms with Gasteiger partial charge >= 0.3 is 5.97 Å². The lowest BCUT2D eigenvalue weighted by atomic mass is 9.97. The third-order valence-corrected chi connectivity index (χ3v) is 6.28. The second kappa shape index (κ2) is 6.10. The second-order valence-electron chi connectivity index (χ2n) is 6.56. The number of amides is 2. The number of aliphatic carboxylic acids is 1. The van der Waals surface area contributed by atoms with E-state index in [-0.39, 0.29) is 24.3 Å². The normalized spacial score (nSPS) is 32.6. The van der Waals surface area contributed by atoms with Crippen LogP contribution in [-0.2, 0) is 14.4 Å². The lowest BCUT2D eigenvalue weighted by molar-refractivity contribution is -0.147. The first kappa shape index (κ1) is 15.6. The van der Waals surface area contributed by atoms with Crippen LogP contribution in [0.15, 0.2) is 0 Å². The number of carboxylic acids is 1. The van der Waals surface area contributed by atoms with Crippen molar-refractivity contribution in [3.8, 4) is 0 Å². The third-order valence-electron chi connectivity index (χ3n) is 5.09. The van der Waals surface area contributed by atoms with E-state index in [9.17, 15) is 19.5 Å². The number of carbonyl (C=O) groups excluding carboxylic acids is 2. The van der Waals surface area contributed by atoms with Gasteiger partial charge in [0.15, 0.2) is 0 Å². The molecule has 7 heteroatoms. The highest BCUT2D eigenvalue weighted by Crippen LogP contribution is 2.32. The summed E-state index contributed by atoms with van der Waals surface area (Å²) in [5.74, 6) is -0.473. The van der Waals surface area contributed by atoms with Crippen LogP contribution in [0.3, 0.4) is 0 Å². The number of thioether (sulfide) groups is 1. The fraction of sp³-hybridized carbons (Fsp3) is 0.800. The number of hydrogen-bond donors (Lipinski definition) is 2. The van der Waals surface area contributed by atoms with Crippen molar-refractivity contribution in [3.63, 3.8) is 0 Å². The van der Waals surface area contributed by atoms with E-state index >= 15 is 0 Å². The fourth-order valence-electron chi connectivity index (χ4n) is 3.70. The van der Waals surface area contributed by atoms with Crippen molar-refractivity contribution in [2.75, 3.05) is 18.1 Å². The molecule has 122 valence electrons. The molecule has 0 unspecified atom stereocenters. The van der Waals surface area contributed by atoms with E-state index in [2.05, 4.69) is 5.32 Å². The molecule has 0 aromatic heterocycles. The zero-order valence-electron chi connectivity index (χ0n) is 12.5. The zero-order chi connectivity index (χ0) is 15.7. The first-order valence-corrected chi connectivity index (χ1v) is 9.10. The van der Waals surface area contributed by atoms with Crippen molar-refractivity contribution in [2.45, 2.75) is 50.1 Å². The molecule has 2 aliphatic heterocycles. The Morgan fingerprint density at radius 2 is 2.05 bits per heavy atom. The average molecular weight is 326 g/mol. The highest BCUT2D eigenvalue weighted by Gasteiger charge is 2.46. The maximum absolute atomic E-state index is 12.5. The molecule has 0 aromatic rings. The van der Waals surface area contributed by atoms with Crippen molar-refractivity contribution in [1.82, 2.24) is 10.2 Å². The average Bonchev–Trinajstić information content (AvgIpc) is 3.17. The van der Waals surface area contributed by atoms with Crippen LogP contribution in [0.4, 0.5) is 0 Å². The highest BCUT2D eigenvalue weighted by atomic mass is 32.2. The maximum atomic E-state index is 12.5. The summed E-state index contributed by atoms with van der Waals surface area (Å²) in [5.41, 5.74) is -1.15. The second-order valence-corrected chi connectivity index (χ2v) is 7.67. The summed E-state index contributed by atoms with van der Waals surface area (Å²) in [5, 5.41) is 12.2. The summed E-state index contributed by atoms with van der Waals surface area (Å²) >= 11 is 1.54. The number of nitrogens with zero attached hydrogens (tertiary/aromatic N) is 1. The minimum atomic E-state index is -1.15. The lowest BCUT2D eigenvalue weighted by Gasteiger charge is -2.27.